The van der Waals surface area contributed by atoms with Gasteiger partial charge in [0.1, 0.15) is 23.7 Å². The van der Waals surface area contributed by atoms with E-state index in [4.69, 9.17) is 22.1 Å². The van der Waals surface area contributed by atoms with Crippen molar-refractivity contribution >= 4 is 23.3 Å². The molecule has 0 atom stereocenters. The molecule has 0 saturated heterocycles. The lowest BCUT2D eigenvalue weighted by Gasteiger charge is -2.12. The third kappa shape index (κ3) is 3.25. The van der Waals surface area contributed by atoms with Gasteiger partial charge in [0.2, 0.25) is 0 Å². The van der Waals surface area contributed by atoms with Crippen molar-refractivity contribution in [1.82, 2.24) is 0 Å². The van der Waals surface area contributed by atoms with Gasteiger partial charge in [0, 0.05) is 11.3 Å². The quantitative estimate of drug-likeness (QED) is 0.694. The molecule has 2 rings (SSSR count). The summed E-state index contributed by atoms with van der Waals surface area (Å²) in [4.78, 5) is 11.7. The van der Waals surface area contributed by atoms with Crippen molar-refractivity contribution < 1.29 is 18.7 Å². The van der Waals surface area contributed by atoms with Crippen molar-refractivity contribution in [3.05, 3.63) is 58.4 Å². The van der Waals surface area contributed by atoms with Crippen molar-refractivity contribution in [2.75, 3.05) is 12.8 Å². The molecule has 0 aliphatic carbocycles. The summed E-state index contributed by atoms with van der Waals surface area (Å²) < 4.78 is 23.9. The Kier molecular flexibility index (Phi) is 4.65. The zero-order valence-corrected chi connectivity index (χ0v) is 12.0. The summed E-state index contributed by atoms with van der Waals surface area (Å²) in [7, 11) is 1.25. The molecule has 2 aromatic carbocycles. The Bertz CT molecular complexity index is 676. The molecular weight excluding hydrogens is 297 g/mol. The van der Waals surface area contributed by atoms with E-state index in [1.54, 1.807) is 30.3 Å². The minimum Gasteiger partial charge on any atom is -0.488 e. The lowest BCUT2D eigenvalue weighted by Crippen LogP contribution is -2.09. The summed E-state index contributed by atoms with van der Waals surface area (Å²) in [5.41, 5.74) is 6.36. The molecule has 6 heteroatoms. The molecule has 2 N–H and O–H groups in total. The number of benzene rings is 2. The number of hydrogen-bond acceptors (Lipinski definition) is 4. The van der Waals surface area contributed by atoms with Crippen LogP contribution in [0.5, 0.6) is 5.75 Å². The van der Waals surface area contributed by atoms with Crippen LogP contribution in [0.4, 0.5) is 10.1 Å². The average Bonchev–Trinajstić information content (AvgIpc) is 2.48. The van der Waals surface area contributed by atoms with E-state index in [2.05, 4.69) is 4.74 Å². The van der Waals surface area contributed by atoms with Crippen molar-refractivity contribution in [2.45, 2.75) is 6.61 Å². The number of carbonyl (C=O) groups is 1. The van der Waals surface area contributed by atoms with Crippen LogP contribution < -0.4 is 10.5 Å². The van der Waals surface area contributed by atoms with Crippen LogP contribution in [0.1, 0.15) is 15.9 Å². The van der Waals surface area contributed by atoms with Gasteiger partial charge in [0.15, 0.2) is 0 Å². The number of anilines is 1. The number of hydrogen-bond donors (Lipinski definition) is 1. The highest BCUT2D eigenvalue weighted by Crippen LogP contribution is 2.27. The maximum absolute atomic E-state index is 13.8. The fourth-order valence-electron chi connectivity index (χ4n) is 1.80. The van der Waals surface area contributed by atoms with E-state index in [-0.39, 0.29) is 34.2 Å². The number of halogens is 2. The Morgan fingerprint density at radius 3 is 2.71 bits per heavy atom. The number of carbonyl (C=O) groups excluding carboxylic acids is 1. The zero-order chi connectivity index (χ0) is 15.4. The number of rotatable bonds is 4. The Morgan fingerprint density at radius 2 is 2.00 bits per heavy atom. The molecule has 0 saturated carbocycles. The van der Waals surface area contributed by atoms with Crippen LogP contribution in [-0.4, -0.2) is 13.1 Å². The van der Waals surface area contributed by atoms with Crippen LogP contribution in [0.25, 0.3) is 0 Å². The van der Waals surface area contributed by atoms with Crippen molar-refractivity contribution in [2.24, 2.45) is 0 Å². The van der Waals surface area contributed by atoms with E-state index >= 15 is 0 Å². The van der Waals surface area contributed by atoms with Crippen LogP contribution in [0.3, 0.4) is 0 Å². The predicted octanol–water partition coefficient (Wildman–Crippen LogP) is 3.43. The smallest absolute Gasteiger partial charge is 0.343 e. The standard InChI is InChI=1S/C15H13ClFNO3/c1-20-15(19)13-11(18)6-3-7-12(13)21-8-9-4-2-5-10(16)14(9)17/h2-7H,8,18H2,1H3. The molecule has 0 amide bonds. The number of ether oxygens (including phenoxy) is 2. The lowest BCUT2D eigenvalue weighted by atomic mass is 10.1. The molecule has 4 nitrogen and oxygen atoms in total. The summed E-state index contributed by atoms with van der Waals surface area (Å²) in [6, 6.07) is 9.35. The molecule has 0 bridgehead atoms. The fourth-order valence-corrected chi connectivity index (χ4v) is 2.00. The van der Waals surface area contributed by atoms with Gasteiger partial charge < -0.3 is 15.2 Å². The van der Waals surface area contributed by atoms with Gasteiger partial charge in [-0.2, -0.15) is 0 Å². The highest BCUT2D eigenvalue weighted by molar-refractivity contribution is 6.30. The SMILES string of the molecule is COC(=O)c1c(N)cccc1OCc1cccc(Cl)c1F. The third-order valence-corrected chi connectivity index (χ3v) is 3.15. The second kappa shape index (κ2) is 6.45. The number of nitrogen functional groups attached to an aromatic ring is 1. The Hall–Kier alpha value is -2.27. The summed E-state index contributed by atoms with van der Waals surface area (Å²) >= 11 is 5.70. The van der Waals surface area contributed by atoms with Crippen LogP contribution in [0.15, 0.2) is 36.4 Å². The summed E-state index contributed by atoms with van der Waals surface area (Å²) in [5.74, 6) is -0.946. The monoisotopic (exact) mass is 309 g/mol. The first-order chi connectivity index (χ1) is 10.0. The molecule has 0 unspecified atom stereocenters. The Labute approximate surface area is 126 Å². The van der Waals surface area contributed by atoms with Crippen LogP contribution in [0.2, 0.25) is 5.02 Å². The van der Waals surface area contributed by atoms with Crippen molar-refractivity contribution in [1.29, 1.82) is 0 Å². The maximum Gasteiger partial charge on any atom is 0.343 e. The van der Waals surface area contributed by atoms with E-state index < -0.39 is 11.8 Å². The van der Waals surface area contributed by atoms with Gasteiger partial charge in [0.25, 0.3) is 0 Å². The first-order valence-corrected chi connectivity index (χ1v) is 6.45. The van der Waals surface area contributed by atoms with Gasteiger partial charge in [0.05, 0.1) is 12.1 Å². The fraction of sp³-hybridized carbons (Fsp3) is 0.133. The molecule has 21 heavy (non-hydrogen) atoms. The molecule has 0 aliphatic rings. The summed E-state index contributed by atoms with van der Waals surface area (Å²) in [6.45, 7) is -0.0835. The van der Waals surface area contributed by atoms with E-state index in [0.29, 0.717) is 0 Å². The third-order valence-electron chi connectivity index (χ3n) is 2.86. The molecule has 110 valence electrons. The van der Waals surface area contributed by atoms with Gasteiger partial charge >= 0.3 is 5.97 Å². The van der Waals surface area contributed by atoms with Gasteiger partial charge in [-0.25, -0.2) is 9.18 Å². The van der Waals surface area contributed by atoms with Crippen LogP contribution >= 0.6 is 11.6 Å². The summed E-state index contributed by atoms with van der Waals surface area (Å²) in [5, 5.41) is 0.0110. The number of nitrogens with two attached hydrogens (primary N) is 1. The van der Waals surface area contributed by atoms with E-state index in [1.165, 1.54) is 13.2 Å². The second-order valence-electron chi connectivity index (χ2n) is 4.21. The molecule has 0 heterocycles. The van der Waals surface area contributed by atoms with Crippen LogP contribution in [0, 0.1) is 5.82 Å². The Morgan fingerprint density at radius 1 is 1.29 bits per heavy atom. The zero-order valence-electron chi connectivity index (χ0n) is 11.2. The highest BCUT2D eigenvalue weighted by Gasteiger charge is 2.17. The minimum atomic E-state index is -0.616. The van der Waals surface area contributed by atoms with Gasteiger partial charge in [-0.15, -0.1) is 0 Å². The molecule has 2 aromatic rings. The van der Waals surface area contributed by atoms with Crippen molar-refractivity contribution in [3.8, 4) is 5.75 Å². The van der Waals surface area contributed by atoms with Gasteiger partial charge in [-0.3, -0.25) is 0 Å². The van der Waals surface area contributed by atoms with E-state index in [9.17, 15) is 9.18 Å². The van der Waals surface area contributed by atoms with Gasteiger partial charge in [-0.1, -0.05) is 29.8 Å². The Balaban J connectivity index is 2.26. The number of methoxy groups -OCH3 is 1. The normalized spacial score (nSPS) is 10.2. The highest BCUT2D eigenvalue weighted by atomic mass is 35.5. The van der Waals surface area contributed by atoms with E-state index in [0.717, 1.165) is 0 Å². The topological polar surface area (TPSA) is 61.5 Å². The first-order valence-electron chi connectivity index (χ1n) is 6.07. The molecule has 0 spiro atoms. The molecule has 0 aliphatic heterocycles. The predicted molar refractivity (Wildman–Crippen MR) is 77.9 cm³/mol. The molecular formula is C15H13ClFNO3. The lowest BCUT2D eigenvalue weighted by molar-refractivity contribution is 0.0597. The number of esters is 1. The molecule has 0 aromatic heterocycles. The summed E-state index contributed by atoms with van der Waals surface area (Å²) in [6.07, 6.45) is 0. The van der Waals surface area contributed by atoms with Gasteiger partial charge in [-0.05, 0) is 18.2 Å². The average molecular weight is 310 g/mol. The second-order valence-corrected chi connectivity index (χ2v) is 4.62. The first kappa shape index (κ1) is 15.1. The molecule has 0 radical (unpaired) electrons. The van der Waals surface area contributed by atoms with Crippen LogP contribution in [-0.2, 0) is 11.3 Å². The maximum atomic E-state index is 13.8. The minimum absolute atomic E-state index is 0.0110. The largest absolute Gasteiger partial charge is 0.488 e. The van der Waals surface area contributed by atoms with E-state index in [1.807, 2.05) is 0 Å². The molecule has 0 fully saturated rings. The van der Waals surface area contributed by atoms with Crippen molar-refractivity contribution in [3.63, 3.8) is 0 Å².